The van der Waals surface area contributed by atoms with Crippen molar-refractivity contribution in [2.24, 2.45) is 4.99 Å². The summed E-state index contributed by atoms with van der Waals surface area (Å²) in [6.45, 7) is 5.19. The van der Waals surface area contributed by atoms with E-state index in [1.54, 1.807) is 18.4 Å². The average Bonchev–Trinajstić information content (AvgIpc) is 2.67. The van der Waals surface area contributed by atoms with Gasteiger partial charge in [0.15, 0.2) is 5.96 Å². The van der Waals surface area contributed by atoms with Crippen LogP contribution in [-0.2, 0) is 6.42 Å². The largest absolute Gasteiger partial charge is 0.356 e. The van der Waals surface area contributed by atoms with Gasteiger partial charge in [0.05, 0.1) is 17.4 Å². The Morgan fingerprint density at radius 1 is 1.33 bits per heavy atom. The Morgan fingerprint density at radius 2 is 2.06 bits per heavy atom. The molecule has 1 aromatic heterocycles. The van der Waals surface area contributed by atoms with Crippen LogP contribution in [0.1, 0.15) is 22.0 Å². The molecule has 6 heteroatoms. The van der Waals surface area contributed by atoms with Gasteiger partial charge in [-0.05, 0) is 20.3 Å². The van der Waals surface area contributed by atoms with Crippen molar-refractivity contribution < 1.29 is 4.39 Å². The molecule has 0 saturated carbocycles. The molecular formula is C12H21FN4S. The monoisotopic (exact) mass is 272 g/mol. The van der Waals surface area contributed by atoms with Gasteiger partial charge in [0, 0.05) is 31.4 Å². The van der Waals surface area contributed by atoms with E-state index in [0.29, 0.717) is 18.9 Å². The Hall–Kier alpha value is -1.17. The van der Waals surface area contributed by atoms with E-state index in [0.717, 1.165) is 23.7 Å². The molecule has 4 nitrogen and oxygen atoms in total. The summed E-state index contributed by atoms with van der Waals surface area (Å²) in [5, 5.41) is 7.38. The topological polar surface area (TPSA) is 49.3 Å². The molecule has 0 amide bonds. The first kappa shape index (κ1) is 14.9. The standard InChI is InChI=1S/C12H21FN4S/c1-9-10(2)18-11(17-9)5-8-16-12(14-3)15-7-4-6-13/h4-8H2,1-3H3,(H2,14,15,16). The Labute approximate surface area is 112 Å². The molecule has 18 heavy (non-hydrogen) atoms. The summed E-state index contributed by atoms with van der Waals surface area (Å²) < 4.78 is 12.0. The van der Waals surface area contributed by atoms with E-state index in [4.69, 9.17) is 0 Å². The van der Waals surface area contributed by atoms with Gasteiger partial charge < -0.3 is 10.6 Å². The Balaban J connectivity index is 2.27. The van der Waals surface area contributed by atoms with Gasteiger partial charge in [-0.3, -0.25) is 9.38 Å². The maximum Gasteiger partial charge on any atom is 0.190 e. The van der Waals surface area contributed by atoms with Gasteiger partial charge in [0.2, 0.25) is 0 Å². The zero-order chi connectivity index (χ0) is 13.4. The number of aromatic nitrogens is 1. The van der Waals surface area contributed by atoms with Crippen LogP contribution in [-0.4, -0.2) is 37.8 Å². The molecule has 0 atom stereocenters. The second kappa shape index (κ2) is 8.02. The molecule has 0 unspecified atom stereocenters. The first-order valence-corrected chi connectivity index (χ1v) is 6.92. The molecule has 1 aromatic rings. The SMILES string of the molecule is CN=C(NCCCF)NCCc1nc(C)c(C)s1. The number of guanidine groups is 1. The van der Waals surface area contributed by atoms with E-state index in [1.165, 1.54) is 4.88 Å². The zero-order valence-corrected chi connectivity index (χ0v) is 12.0. The molecule has 0 aromatic carbocycles. The molecular weight excluding hydrogens is 251 g/mol. The molecule has 2 N–H and O–H groups in total. The number of hydrogen-bond donors (Lipinski definition) is 2. The van der Waals surface area contributed by atoms with Gasteiger partial charge in [0.25, 0.3) is 0 Å². The first-order chi connectivity index (χ1) is 8.67. The Morgan fingerprint density at radius 3 is 2.61 bits per heavy atom. The van der Waals surface area contributed by atoms with E-state index >= 15 is 0 Å². The number of aliphatic imine (C=N–C) groups is 1. The van der Waals surface area contributed by atoms with Gasteiger partial charge >= 0.3 is 0 Å². The molecule has 0 radical (unpaired) electrons. The van der Waals surface area contributed by atoms with Gasteiger partial charge in [-0.25, -0.2) is 4.98 Å². The van der Waals surface area contributed by atoms with Crippen molar-refractivity contribution in [3.05, 3.63) is 15.6 Å². The summed E-state index contributed by atoms with van der Waals surface area (Å²) in [6, 6.07) is 0. The molecule has 1 heterocycles. The molecule has 102 valence electrons. The van der Waals surface area contributed by atoms with E-state index in [2.05, 4.69) is 27.5 Å². The van der Waals surface area contributed by atoms with E-state index < -0.39 is 0 Å². The summed E-state index contributed by atoms with van der Waals surface area (Å²) in [6.07, 6.45) is 1.38. The number of nitrogens with one attached hydrogen (secondary N) is 2. The Bertz CT molecular complexity index is 370. The van der Waals surface area contributed by atoms with Crippen LogP contribution in [0.15, 0.2) is 4.99 Å². The summed E-state index contributed by atoms with van der Waals surface area (Å²) >= 11 is 1.73. The summed E-state index contributed by atoms with van der Waals surface area (Å²) in [7, 11) is 1.71. The quantitative estimate of drug-likeness (QED) is 0.472. The van der Waals surface area contributed by atoms with Crippen LogP contribution in [0.25, 0.3) is 0 Å². The lowest BCUT2D eigenvalue weighted by molar-refractivity contribution is 0.470. The van der Waals surface area contributed by atoms with Gasteiger partial charge in [-0.2, -0.15) is 0 Å². The summed E-state index contributed by atoms with van der Waals surface area (Å²) in [4.78, 5) is 9.82. The lowest BCUT2D eigenvalue weighted by Gasteiger charge is -2.10. The number of alkyl halides is 1. The highest BCUT2D eigenvalue weighted by molar-refractivity contribution is 7.11. The fourth-order valence-electron chi connectivity index (χ4n) is 1.43. The van der Waals surface area contributed by atoms with Crippen molar-refractivity contribution >= 4 is 17.3 Å². The molecule has 0 aliphatic rings. The predicted octanol–water partition coefficient (Wildman–Crippen LogP) is 1.83. The van der Waals surface area contributed by atoms with Crippen molar-refractivity contribution in [1.29, 1.82) is 0 Å². The van der Waals surface area contributed by atoms with Gasteiger partial charge in [-0.15, -0.1) is 11.3 Å². The molecule has 0 aliphatic carbocycles. The van der Waals surface area contributed by atoms with Crippen molar-refractivity contribution in [3.63, 3.8) is 0 Å². The van der Waals surface area contributed by atoms with Crippen molar-refractivity contribution in [3.8, 4) is 0 Å². The van der Waals surface area contributed by atoms with Crippen molar-refractivity contribution in [1.82, 2.24) is 15.6 Å². The molecule has 1 rings (SSSR count). The smallest absolute Gasteiger partial charge is 0.190 e. The zero-order valence-electron chi connectivity index (χ0n) is 11.2. The third-order valence-corrected chi connectivity index (χ3v) is 3.66. The van der Waals surface area contributed by atoms with Crippen LogP contribution in [0.4, 0.5) is 4.39 Å². The lowest BCUT2D eigenvalue weighted by atomic mass is 10.4. The fraction of sp³-hybridized carbons (Fsp3) is 0.667. The van der Waals surface area contributed by atoms with Crippen LogP contribution in [0.3, 0.4) is 0 Å². The average molecular weight is 272 g/mol. The minimum atomic E-state index is -0.304. The molecule has 0 aliphatic heterocycles. The van der Waals surface area contributed by atoms with Crippen molar-refractivity contribution in [2.75, 3.05) is 26.8 Å². The maximum absolute atomic E-state index is 12.0. The normalized spacial score (nSPS) is 11.7. The molecule has 0 bridgehead atoms. The number of hydrogen-bond acceptors (Lipinski definition) is 3. The van der Waals surface area contributed by atoms with E-state index in [9.17, 15) is 4.39 Å². The number of halogens is 1. The maximum atomic E-state index is 12.0. The predicted molar refractivity (Wildman–Crippen MR) is 75.2 cm³/mol. The Kier molecular flexibility index (Phi) is 6.64. The molecule has 0 saturated heterocycles. The molecule has 0 fully saturated rings. The van der Waals surface area contributed by atoms with Gasteiger partial charge in [-0.1, -0.05) is 0 Å². The lowest BCUT2D eigenvalue weighted by Crippen LogP contribution is -2.38. The molecule has 0 spiro atoms. The summed E-state index contributed by atoms with van der Waals surface area (Å²) in [5.74, 6) is 0.716. The number of rotatable bonds is 6. The van der Waals surface area contributed by atoms with E-state index in [1.807, 2.05) is 6.92 Å². The highest BCUT2D eigenvalue weighted by Crippen LogP contribution is 2.16. The highest BCUT2D eigenvalue weighted by atomic mass is 32.1. The summed E-state index contributed by atoms with van der Waals surface area (Å²) in [5.41, 5.74) is 1.11. The number of thiazole rings is 1. The third-order valence-electron chi connectivity index (χ3n) is 2.53. The second-order valence-corrected chi connectivity index (χ2v) is 5.26. The van der Waals surface area contributed by atoms with Crippen molar-refractivity contribution in [2.45, 2.75) is 26.7 Å². The van der Waals surface area contributed by atoms with Crippen LogP contribution < -0.4 is 10.6 Å². The van der Waals surface area contributed by atoms with Crippen LogP contribution >= 0.6 is 11.3 Å². The minimum Gasteiger partial charge on any atom is -0.356 e. The first-order valence-electron chi connectivity index (χ1n) is 6.10. The van der Waals surface area contributed by atoms with Crippen LogP contribution in [0.2, 0.25) is 0 Å². The third kappa shape index (κ3) is 5.00. The van der Waals surface area contributed by atoms with E-state index in [-0.39, 0.29) is 6.67 Å². The number of nitrogens with zero attached hydrogens (tertiary/aromatic N) is 2. The highest BCUT2D eigenvalue weighted by Gasteiger charge is 2.03. The van der Waals surface area contributed by atoms with Crippen LogP contribution in [0, 0.1) is 13.8 Å². The number of aryl methyl sites for hydroxylation is 2. The fourth-order valence-corrected chi connectivity index (χ4v) is 2.36. The second-order valence-electron chi connectivity index (χ2n) is 3.97. The van der Waals surface area contributed by atoms with Gasteiger partial charge in [0.1, 0.15) is 0 Å². The minimum absolute atomic E-state index is 0.304. The van der Waals surface area contributed by atoms with Crippen LogP contribution in [0.5, 0.6) is 0 Å².